The predicted molar refractivity (Wildman–Crippen MR) is 233 cm³/mol. The molecule has 5 aliphatic carbocycles. The Morgan fingerprint density at radius 2 is 1.30 bits per heavy atom. The lowest BCUT2D eigenvalue weighted by atomic mass is 9.42. The fourth-order valence-electron chi connectivity index (χ4n) is 13.3. The smallest absolute Gasteiger partial charge is 0.127 e. The Labute approximate surface area is 338 Å². The summed E-state index contributed by atoms with van der Waals surface area (Å²) in [5, 5.41) is 0. The Hall–Kier alpha value is -3.50. The summed E-state index contributed by atoms with van der Waals surface area (Å²) in [5.41, 5.74) is 16.4. The average molecular weight is 755 g/mol. The van der Waals surface area contributed by atoms with Crippen LogP contribution >= 0.6 is 0 Å². The fraction of sp³-hybridized carbons (Fsp3) is 0.577. The van der Waals surface area contributed by atoms with Crippen LogP contribution in [0.4, 0.5) is 5.69 Å². The summed E-state index contributed by atoms with van der Waals surface area (Å²) in [6.45, 7) is 14.9. The van der Waals surface area contributed by atoms with E-state index in [4.69, 9.17) is 20.9 Å². The molecule has 0 saturated heterocycles. The lowest BCUT2D eigenvalue weighted by Crippen LogP contribution is -2.55. The van der Waals surface area contributed by atoms with Crippen LogP contribution in [0.2, 0.25) is 0 Å². The van der Waals surface area contributed by atoms with Crippen LogP contribution in [0, 0.1) is 52.3 Å². The van der Waals surface area contributed by atoms with Crippen molar-refractivity contribution in [3.05, 3.63) is 108 Å². The number of nitrogen functional groups attached to an aromatic ring is 1. The van der Waals surface area contributed by atoms with Gasteiger partial charge in [-0.05, 0) is 195 Å². The number of ether oxygens (including phenoxy) is 2. The quantitative estimate of drug-likeness (QED) is 0.191. The number of hydrogen-bond acceptors (Lipinski definition) is 4. The molecule has 4 nitrogen and oxygen atoms in total. The molecule has 4 N–H and O–H groups in total. The molecular formula is C52H70N2O2. The highest BCUT2D eigenvalue weighted by Crippen LogP contribution is 2.70. The molecular weight excluding hydrogens is 685 g/mol. The van der Waals surface area contributed by atoms with Crippen LogP contribution < -0.4 is 20.9 Å². The average Bonchev–Trinajstić information content (AvgIpc) is 3.54. The second-order valence-electron chi connectivity index (χ2n) is 20.4. The summed E-state index contributed by atoms with van der Waals surface area (Å²) in [4.78, 5) is 0. The molecule has 5 aliphatic rings. The largest absolute Gasteiger partial charge is 0.458 e. The SMILES string of the molecule is CC(C)CCCC(C)C1CCC2C3CCC4CC(c5ccc(OC6=CCC(C)(N)C=C6)cc5)(c5ccc(Oc6ccc(N)cc6)cc5)CCC4(C)C3CCC12C. The molecule has 0 aliphatic heterocycles. The normalized spacial score (nSPS) is 35.6. The van der Waals surface area contributed by atoms with Gasteiger partial charge in [0.1, 0.15) is 23.0 Å². The van der Waals surface area contributed by atoms with E-state index in [1.54, 1.807) is 0 Å². The van der Waals surface area contributed by atoms with Crippen molar-refractivity contribution in [3.63, 3.8) is 0 Å². The fourth-order valence-corrected chi connectivity index (χ4v) is 13.3. The Bertz CT molecular complexity index is 1870. The van der Waals surface area contributed by atoms with Crippen molar-refractivity contribution in [1.82, 2.24) is 0 Å². The van der Waals surface area contributed by atoms with Crippen LogP contribution in [-0.4, -0.2) is 5.54 Å². The molecule has 0 spiro atoms. The van der Waals surface area contributed by atoms with Crippen LogP contribution in [0.5, 0.6) is 17.2 Å². The van der Waals surface area contributed by atoms with Gasteiger partial charge in [-0.15, -0.1) is 0 Å². The zero-order chi connectivity index (χ0) is 39.3. The molecule has 300 valence electrons. The molecule has 0 heterocycles. The van der Waals surface area contributed by atoms with Gasteiger partial charge in [0.15, 0.2) is 0 Å². The zero-order valence-corrected chi connectivity index (χ0v) is 35.4. The van der Waals surface area contributed by atoms with E-state index < -0.39 is 0 Å². The van der Waals surface area contributed by atoms with E-state index in [1.807, 2.05) is 36.4 Å². The van der Waals surface area contributed by atoms with Gasteiger partial charge in [0.2, 0.25) is 0 Å². The third-order valence-electron chi connectivity index (χ3n) is 16.5. The van der Waals surface area contributed by atoms with Crippen molar-refractivity contribution >= 4 is 5.69 Å². The number of hydrogen-bond donors (Lipinski definition) is 2. The Morgan fingerprint density at radius 3 is 1.93 bits per heavy atom. The molecule has 4 heteroatoms. The monoisotopic (exact) mass is 755 g/mol. The van der Waals surface area contributed by atoms with E-state index in [0.717, 1.165) is 70.6 Å². The van der Waals surface area contributed by atoms with Gasteiger partial charge >= 0.3 is 0 Å². The number of nitrogens with two attached hydrogens (primary N) is 2. The van der Waals surface area contributed by atoms with E-state index in [-0.39, 0.29) is 11.0 Å². The maximum atomic E-state index is 6.36. The molecule has 8 rings (SSSR count). The first-order valence-corrected chi connectivity index (χ1v) is 22.4. The Balaban J connectivity index is 1.04. The minimum Gasteiger partial charge on any atom is -0.458 e. The van der Waals surface area contributed by atoms with Gasteiger partial charge in [0.05, 0.1) is 0 Å². The number of benzene rings is 3. The van der Waals surface area contributed by atoms with Gasteiger partial charge < -0.3 is 20.9 Å². The molecule has 4 saturated carbocycles. The van der Waals surface area contributed by atoms with Gasteiger partial charge in [-0.2, -0.15) is 0 Å². The van der Waals surface area contributed by atoms with Crippen molar-refractivity contribution in [3.8, 4) is 17.2 Å². The third-order valence-corrected chi connectivity index (χ3v) is 16.5. The summed E-state index contributed by atoms with van der Waals surface area (Å²) >= 11 is 0. The summed E-state index contributed by atoms with van der Waals surface area (Å²) in [5.74, 6) is 9.38. The molecule has 0 bridgehead atoms. The van der Waals surface area contributed by atoms with E-state index in [0.29, 0.717) is 16.7 Å². The van der Waals surface area contributed by atoms with Crippen LogP contribution in [0.3, 0.4) is 0 Å². The van der Waals surface area contributed by atoms with Crippen molar-refractivity contribution in [2.45, 2.75) is 136 Å². The second-order valence-corrected chi connectivity index (χ2v) is 20.4. The zero-order valence-electron chi connectivity index (χ0n) is 35.4. The second kappa shape index (κ2) is 15.3. The predicted octanol–water partition coefficient (Wildman–Crippen LogP) is 13.4. The summed E-state index contributed by atoms with van der Waals surface area (Å²) in [7, 11) is 0. The van der Waals surface area contributed by atoms with Crippen molar-refractivity contribution in [2.24, 2.45) is 58.0 Å². The lowest BCUT2D eigenvalue weighted by Gasteiger charge is -2.63. The van der Waals surface area contributed by atoms with E-state index in [1.165, 1.54) is 88.2 Å². The first-order valence-electron chi connectivity index (χ1n) is 22.4. The van der Waals surface area contributed by atoms with Gasteiger partial charge in [-0.3, -0.25) is 0 Å². The molecule has 0 aromatic heterocycles. The highest BCUT2D eigenvalue weighted by atomic mass is 16.5. The van der Waals surface area contributed by atoms with Gasteiger partial charge in [-0.25, -0.2) is 0 Å². The van der Waals surface area contributed by atoms with E-state index in [9.17, 15) is 0 Å². The maximum absolute atomic E-state index is 6.36. The highest BCUT2D eigenvalue weighted by Gasteiger charge is 2.62. The minimum absolute atomic E-state index is 0.0618. The molecule has 10 unspecified atom stereocenters. The Kier molecular flexibility index (Phi) is 10.8. The maximum Gasteiger partial charge on any atom is 0.127 e. The van der Waals surface area contributed by atoms with Crippen LogP contribution in [0.1, 0.15) is 136 Å². The van der Waals surface area contributed by atoms with E-state index >= 15 is 0 Å². The topological polar surface area (TPSA) is 70.5 Å². The first kappa shape index (κ1) is 39.3. The van der Waals surface area contributed by atoms with Crippen LogP contribution in [-0.2, 0) is 5.41 Å². The van der Waals surface area contributed by atoms with Crippen LogP contribution in [0.15, 0.2) is 96.8 Å². The molecule has 56 heavy (non-hydrogen) atoms. The molecule has 4 fully saturated rings. The standard InChI is InChI=1S/C52H70N2O2/c1-35(2)8-7-9-36(3)46-24-25-47-45-23-14-39-34-52(33-32-50(39,5)48(45)28-31-51(46,47)6,37-10-17-41(18-11-37)55-43-21-15-40(53)16-22-43)38-12-19-42(20-13-38)56-44-26-29-49(4,54)30-27-44/h10-13,15-22,26-27,29,35-36,39,45-48H,7-9,14,23-25,28,30-34,53-54H2,1-6H3. The highest BCUT2D eigenvalue weighted by molar-refractivity contribution is 5.47. The van der Waals surface area contributed by atoms with Crippen molar-refractivity contribution in [1.29, 1.82) is 0 Å². The number of rotatable bonds is 11. The molecule has 0 radical (unpaired) electrons. The van der Waals surface area contributed by atoms with Crippen LogP contribution in [0.25, 0.3) is 0 Å². The van der Waals surface area contributed by atoms with Crippen molar-refractivity contribution in [2.75, 3.05) is 5.73 Å². The van der Waals surface area contributed by atoms with Gasteiger partial charge in [-0.1, -0.05) is 84.2 Å². The molecule has 3 aromatic rings. The van der Waals surface area contributed by atoms with E-state index in [2.05, 4.69) is 96.1 Å². The Morgan fingerprint density at radius 1 is 0.679 bits per heavy atom. The lowest BCUT2D eigenvalue weighted by molar-refractivity contribution is -0.122. The minimum atomic E-state index is -0.310. The summed E-state index contributed by atoms with van der Waals surface area (Å²) in [6, 6.07) is 25.8. The number of fused-ring (bicyclic) bond motifs is 5. The first-order chi connectivity index (χ1) is 26.8. The molecule has 10 atom stereocenters. The third kappa shape index (κ3) is 7.49. The van der Waals surface area contributed by atoms with Gasteiger partial charge in [0.25, 0.3) is 0 Å². The summed E-state index contributed by atoms with van der Waals surface area (Å²) in [6.07, 6.45) is 23.4. The number of anilines is 1. The van der Waals surface area contributed by atoms with Crippen molar-refractivity contribution < 1.29 is 9.47 Å². The molecule has 0 amide bonds. The molecule has 3 aromatic carbocycles. The summed E-state index contributed by atoms with van der Waals surface area (Å²) < 4.78 is 12.6. The van der Waals surface area contributed by atoms with Gasteiger partial charge in [0, 0.05) is 16.6 Å². The number of allylic oxidation sites excluding steroid dienone is 1.